The van der Waals surface area contributed by atoms with Crippen LogP contribution < -0.4 is 5.32 Å². The van der Waals surface area contributed by atoms with Gasteiger partial charge in [-0.3, -0.25) is 9.59 Å². The molecule has 0 fully saturated rings. The molecule has 0 bridgehead atoms. The van der Waals surface area contributed by atoms with Gasteiger partial charge in [-0.25, -0.2) is 0 Å². The number of likely N-dealkylation sites (N-methyl/N-ethyl adjacent to an activating group) is 1. The number of hydrogen-bond acceptors (Lipinski definition) is 3. The number of amides is 1. The third-order valence-electron chi connectivity index (χ3n) is 4.50. The summed E-state index contributed by atoms with van der Waals surface area (Å²) in [5.74, 6) is 0.0863. The zero-order chi connectivity index (χ0) is 18.9. The Morgan fingerprint density at radius 1 is 1.04 bits per heavy atom. The summed E-state index contributed by atoms with van der Waals surface area (Å²) in [5, 5.41) is 3.01. The van der Waals surface area contributed by atoms with Crippen molar-refractivity contribution in [2.75, 3.05) is 13.6 Å². The summed E-state index contributed by atoms with van der Waals surface area (Å²) in [5.41, 5.74) is 2.30. The second-order valence-electron chi connectivity index (χ2n) is 6.52. The molecular weight excluding hydrogens is 324 g/mol. The van der Waals surface area contributed by atoms with Gasteiger partial charge in [-0.05, 0) is 32.0 Å². The topological polar surface area (TPSA) is 49.4 Å². The largest absolute Gasteiger partial charge is 0.337 e. The van der Waals surface area contributed by atoms with Gasteiger partial charge in [0.2, 0.25) is 5.91 Å². The average Bonchev–Trinajstić information content (AvgIpc) is 2.70. The number of unbranched alkanes of at least 4 members (excludes halogenated alkanes) is 1. The van der Waals surface area contributed by atoms with Gasteiger partial charge in [0, 0.05) is 24.2 Å². The van der Waals surface area contributed by atoms with Crippen molar-refractivity contribution < 1.29 is 9.59 Å². The third kappa shape index (κ3) is 5.27. The summed E-state index contributed by atoms with van der Waals surface area (Å²) in [6, 6.07) is 16.6. The Bertz CT molecular complexity index is 728. The van der Waals surface area contributed by atoms with E-state index in [1.165, 1.54) is 0 Å². The number of benzene rings is 2. The molecule has 0 aliphatic rings. The van der Waals surface area contributed by atoms with Gasteiger partial charge in [0.1, 0.15) is 0 Å². The molecule has 0 saturated carbocycles. The number of nitrogens with one attached hydrogen (secondary N) is 1. The van der Waals surface area contributed by atoms with Crippen LogP contribution in [-0.4, -0.2) is 36.2 Å². The predicted molar refractivity (Wildman–Crippen MR) is 105 cm³/mol. The normalized spacial score (nSPS) is 11.8. The molecule has 1 atom stereocenters. The first-order chi connectivity index (χ1) is 12.6. The van der Waals surface area contributed by atoms with Crippen LogP contribution in [0.5, 0.6) is 0 Å². The predicted octanol–water partition coefficient (Wildman–Crippen LogP) is 3.65. The van der Waals surface area contributed by atoms with E-state index in [1.54, 1.807) is 7.05 Å². The highest BCUT2D eigenvalue weighted by atomic mass is 16.2. The highest BCUT2D eigenvalue weighted by Crippen LogP contribution is 2.14. The molecule has 1 unspecified atom stereocenters. The first kappa shape index (κ1) is 19.9. The lowest BCUT2D eigenvalue weighted by molar-refractivity contribution is -0.133. The fourth-order valence-corrected chi connectivity index (χ4v) is 2.80. The number of rotatable bonds is 9. The summed E-state index contributed by atoms with van der Waals surface area (Å²) < 4.78 is 0. The molecule has 1 N–H and O–H groups in total. The molecule has 26 heavy (non-hydrogen) atoms. The van der Waals surface area contributed by atoms with Crippen LogP contribution in [0.3, 0.4) is 0 Å². The highest BCUT2D eigenvalue weighted by Gasteiger charge is 2.19. The van der Waals surface area contributed by atoms with Crippen LogP contribution in [0.1, 0.15) is 48.2 Å². The SMILES string of the molecule is CCCCN(Cc1cccc(C(=O)c2ccccc2)c1)C(=O)C(C)NC. The van der Waals surface area contributed by atoms with E-state index >= 15 is 0 Å². The van der Waals surface area contributed by atoms with Crippen LogP contribution in [-0.2, 0) is 11.3 Å². The van der Waals surface area contributed by atoms with E-state index < -0.39 is 0 Å². The Labute approximate surface area is 156 Å². The van der Waals surface area contributed by atoms with E-state index in [-0.39, 0.29) is 17.7 Å². The molecule has 2 aromatic carbocycles. The van der Waals surface area contributed by atoms with Gasteiger partial charge >= 0.3 is 0 Å². The van der Waals surface area contributed by atoms with Gasteiger partial charge in [0.25, 0.3) is 0 Å². The molecule has 4 heteroatoms. The number of ketones is 1. The Hall–Kier alpha value is -2.46. The first-order valence-electron chi connectivity index (χ1n) is 9.21. The van der Waals surface area contributed by atoms with E-state index in [9.17, 15) is 9.59 Å². The van der Waals surface area contributed by atoms with Gasteiger partial charge in [0.05, 0.1) is 6.04 Å². The minimum Gasteiger partial charge on any atom is -0.337 e. The number of hydrogen-bond donors (Lipinski definition) is 1. The molecule has 2 aromatic rings. The van der Waals surface area contributed by atoms with Crippen molar-refractivity contribution in [2.45, 2.75) is 39.3 Å². The van der Waals surface area contributed by atoms with E-state index in [4.69, 9.17) is 0 Å². The van der Waals surface area contributed by atoms with Crippen LogP contribution >= 0.6 is 0 Å². The summed E-state index contributed by atoms with van der Waals surface area (Å²) in [6.07, 6.45) is 2.00. The Kier molecular flexibility index (Phi) is 7.54. The average molecular weight is 352 g/mol. The molecule has 1 amide bonds. The zero-order valence-electron chi connectivity index (χ0n) is 15.9. The summed E-state index contributed by atoms with van der Waals surface area (Å²) in [4.78, 5) is 27.1. The Balaban J connectivity index is 2.19. The van der Waals surface area contributed by atoms with Crippen molar-refractivity contribution >= 4 is 11.7 Å². The Morgan fingerprint density at radius 2 is 1.73 bits per heavy atom. The molecule has 0 aromatic heterocycles. The summed E-state index contributed by atoms with van der Waals surface area (Å²) >= 11 is 0. The quantitative estimate of drug-likeness (QED) is 0.701. The molecule has 0 radical (unpaired) electrons. The lowest BCUT2D eigenvalue weighted by Crippen LogP contribution is -2.43. The minimum absolute atomic E-state index is 0.00229. The van der Waals surface area contributed by atoms with Gasteiger partial charge in [0.15, 0.2) is 5.78 Å². The maximum absolute atomic E-state index is 12.7. The van der Waals surface area contributed by atoms with E-state index in [0.717, 1.165) is 24.9 Å². The molecule has 0 aliphatic carbocycles. The fraction of sp³-hybridized carbons (Fsp3) is 0.364. The van der Waals surface area contributed by atoms with Crippen molar-refractivity contribution in [1.82, 2.24) is 10.2 Å². The standard InChI is InChI=1S/C22H28N2O2/c1-4-5-14-24(22(26)17(2)23-3)16-18-10-9-13-20(15-18)21(25)19-11-7-6-8-12-19/h6-13,15,17,23H,4-5,14,16H2,1-3H3. The van der Waals surface area contributed by atoms with E-state index in [1.807, 2.05) is 66.4 Å². The zero-order valence-corrected chi connectivity index (χ0v) is 15.9. The molecule has 0 aliphatic heterocycles. The van der Waals surface area contributed by atoms with Crippen molar-refractivity contribution in [2.24, 2.45) is 0 Å². The van der Waals surface area contributed by atoms with E-state index in [0.29, 0.717) is 17.7 Å². The smallest absolute Gasteiger partial charge is 0.239 e. The lowest BCUT2D eigenvalue weighted by Gasteiger charge is -2.26. The second kappa shape index (κ2) is 9.88. The maximum atomic E-state index is 12.7. The molecule has 138 valence electrons. The van der Waals surface area contributed by atoms with Crippen LogP contribution in [0.4, 0.5) is 0 Å². The number of carbonyl (C=O) groups is 2. The highest BCUT2D eigenvalue weighted by molar-refractivity contribution is 6.09. The molecule has 0 saturated heterocycles. The van der Waals surface area contributed by atoms with Gasteiger partial charge in [-0.2, -0.15) is 0 Å². The van der Waals surface area contributed by atoms with Gasteiger partial charge < -0.3 is 10.2 Å². The molecule has 0 heterocycles. The van der Waals surface area contributed by atoms with Crippen LogP contribution in [0, 0.1) is 0 Å². The minimum atomic E-state index is -0.221. The maximum Gasteiger partial charge on any atom is 0.239 e. The van der Waals surface area contributed by atoms with Crippen molar-refractivity contribution in [3.63, 3.8) is 0 Å². The van der Waals surface area contributed by atoms with Gasteiger partial charge in [-0.1, -0.05) is 61.9 Å². The third-order valence-corrected chi connectivity index (χ3v) is 4.50. The number of nitrogens with zero attached hydrogens (tertiary/aromatic N) is 1. The molecular formula is C22H28N2O2. The lowest BCUT2D eigenvalue weighted by atomic mass is 10.0. The summed E-state index contributed by atoms with van der Waals surface area (Å²) in [6.45, 7) is 5.22. The molecule has 0 spiro atoms. The second-order valence-corrected chi connectivity index (χ2v) is 6.52. The van der Waals surface area contributed by atoms with Crippen molar-refractivity contribution in [3.8, 4) is 0 Å². The van der Waals surface area contributed by atoms with Crippen LogP contribution in [0.25, 0.3) is 0 Å². The molecule has 2 rings (SSSR count). The van der Waals surface area contributed by atoms with Crippen molar-refractivity contribution in [1.29, 1.82) is 0 Å². The van der Waals surface area contributed by atoms with E-state index in [2.05, 4.69) is 12.2 Å². The van der Waals surface area contributed by atoms with Crippen molar-refractivity contribution in [3.05, 3.63) is 71.3 Å². The Morgan fingerprint density at radius 3 is 2.38 bits per heavy atom. The van der Waals surface area contributed by atoms with Crippen LogP contribution in [0.2, 0.25) is 0 Å². The first-order valence-corrected chi connectivity index (χ1v) is 9.21. The summed E-state index contributed by atoms with van der Waals surface area (Å²) in [7, 11) is 1.79. The molecule has 4 nitrogen and oxygen atoms in total. The van der Waals surface area contributed by atoms with Gasteiger partial charge in [-0.15, -0.1) is 0 Å². The fourth-order valence-electron chi connectivity index (χ4n) is 2.80. The number of carbonyl (C=O) groups excluding carboxylic acids is 2. The van der Waals surface area contributed by atoms with Crippen LogP contribution in [0.15, 0.2) is 54.6 Å². The monoisotopic (exact) mass is 352 g/mol.